The zero-order valence-electron chi connectivity index (χ0n) is 13.3. The number of urea groups is 1. The molecule has 2 heterocycles. The first-order valence-electron chi connectivity index (χ1n) is 8.03. The Morgan fingerprint density at radius 3 is 3.08 bits per heavy atom. The first-order valence-corrected chi connectivity index (χ1v) is 8.03. The van der Waals surface area contributed by atoms with Crippen LogP contribution in [0.5, 0.6) is 0 Å². The Hall–Kier alpha value is -2.71. The van der Waals surface area contributed by atoms with E-state index < -0.39 is 6.10 Å². The van der Waals surface area contributed by atoms with Crippen LogP contribution in [0.1, 0.15) is 36.7 Å². The Kier molecular flexibility index (Phi) is 4.88. The lowest BCUT2D eigenvalue weighted by Gasteiger charge is -2.26. The average molecular weight is 324 g/mol. The van der Waals surface area contributed by atoms with Crippen LogP contribution in [0.15, 0.2) is 47.1 Å². The Bertz CT molecular complexity index is 733. The van der Waals surface area contributed by atoms with Gasteiger partial charge in [0.1, 0.15) is 11.9 Å². The summed E-state index contributed by atoms with van der Waals surface area (Å²) >= 11 is 0. The third kappa shape index (κ3) is 3.61. The molecule has 1 aliphatic heterocycles. The molecule has 0 bridgehead atoms. The molecular weight excluding hydrogens is 304 g/mol. The van der Waals surface area contributed by atoms with Crippen LogP contribution in [-0.2, 0) is 0 Å². The van der Waals surface area contributed by atoms with Gasteiger partial charge in [-0.1, -0.05) is 12.0 Å². The summed E-state index contributed by atoms with van der Waals surface area (Å²) in [4.78, 5) is 14.3. The number of likely N-dealkylation sites (tertiary alicyclic amines) is 1. The summed E-state index contributed by atoms with van der Waals surface area (Å²) in [6, 6.07) is 10.5. The number of carbonyl (C=O) groups excluding carboxylic acids is 1. The summed E-state index contributed by atoms with van der Waals surface area (Å²) in [6.07, 6.45) is 8.48. The van der Waals surface area contributed by atoms with E-state index in [4.69, 9.17) is 10.8 Å². The maximum absolute atomic E-state index is 12.6. The number of terminal acetylenes is 1. The number of carbonyl (C=O) groups is 1. The van der Waals surface area contributed by atoms with Crippen LogP contribution in [0.4, 0.5) is 10.5 Å². The molecule has 5 nitrogen and oxygen atoms in total. The van der Waals surface area contributed by atoms with E-state index in [1.54, 1.807) is 23.1 Å². The second-order valence-electron chi connectivity index (χ2n) is 5.91. The number of anilines is 1. The van der Waals surface area contributed by atoms with Crippen LogP contribution >= 0.6 is 0 Å². The van der Waals surface area contributed by atoms with E-state index >= 15 is 0 Å². The third-order valence-corrected chi connectivity index (χ3v) is 4.29. The first kappa shape index (κ1) is 16.2. The quantitative estimate of drug-likeness (QED) is 0.847. The molecule has 2 amide bonds. The van der Waals surface area contributed by atoms with E-state index in [0.29, 0.717) is 24.4 Å². The highest BCUT2D eigenvalue weighted by Crippen LogP contribution is 2.28. The van der Waals surface area contributed by atoms with Crippen LogP contribution in [-0.4, -0.2) is 28.6 Å². The minimum atomic E-state index is -0.705. The van der Waals surface area contributed by atoms with Gasteiger partial charge in [0, 0.05) is 30.3 Å². The molecule has 1 aliphatic rings. The van der Waals surface area contributed by atoms with Crippen molar-refractivity contribution in [3.05, 3.63) is 54.0 Å². The van der Waals surface area contributed by atoms with Crippen LogP contribution in [0.25, 0.3) is 0 Å². The molecule has 1 saturated heterocycles. The minimum Gasteiger partial charge on any atom is -0.467 e. The normalized spacial score (nSPS) is 18.2. The predicted octanol–water partition coefficient (Wildman–Crippen LogP) is 3.38. The average Bonchev–Trinajstić information content (AvgIpc) is 3.26. The molecule has 2 unspecified atom stereocenters. The smallest absolute Gasteiger partial charge is 0.322 e. The number of benzene rings is 1. The molecule has 0 radical (unpaired) electrons. The van der Waals surface area contributed by atoms with Gasteiger partial charge in [0.25, 0.3) is 0 Å². The van der Waals surface area contributed by atoms with Crippen LogP contribution in [0.3, 0.4) is 0 Å². The molecule has 0 spiro atoms. The van der Waals surface area contributed by atoms with Gasteiger partial charge in [-0.3, -0.25) is 0 Å². The second kappa shape index (κ2) is 7.24. The number of aliphatic hydroxyl groups excluding tert-OH is 1. The summed E-state index contributed by atoms with van der Waals surface area (Å²) in [7, 11) is 0. The SMILES string of the molecule is C#Cc1cccc(NC(=O)N2CCCC2CC(O)c2ccco2)c1. The lowest BCUT2D eigenvalue weighted by atomic mass is 10.1. The summed E-state index contributed by atoms with van der Waals surface area (Å²) in [6.45, 7) is 0.677. The minimum absolute atomic E-state index is 0.0130. The molecule has 1 aromatic carbocycles. The maximum Gasteiger partial charge on any atom is 0.322 e. The Morgan fingerprint density at radius 1 is 1.46 bits per heavy atom. The lowest BCUT2D eigenvalue weighted by Crippen LogP contribution is -2.39. The fourth-order valence-electron chi connectivity index (χ4n) is 3.08. The van der Waals surface area contributed by atoms with Crippen molar-refractivity contribution in [2.75, 3.05) is 11.9 Å². The molecule has 0 aliphatic carbocycles. The molecule has 24 heavy (non-hydrogen) atoms. The van der Waals surface area contributed by atoms with Crippen molar-refractivity contribution < 1.29 is 14.3 Å². The number of nitrogens with one attached hydrogen (secondary N) is 1. The lowest BCUT2D eigenvalue weighted by molar-refractivity contribution is 0.110. The second-order valence-corrected chi connectivity index (χ2v) is 5.91. The molecule has 124 valence electrons. The topological polar surface area (TPSA) is 65.7 Å². The van der Waals surface area contributed by atoms with Crippen molar-refractivity contribution in [1.82, 2.24) is 4.90 Å². The van der Waals surface area contributed by atoms with Gasteiger partial charge in [-0.2, -0.15) is 0 Å². The van der Waals surface area contributed by atoms with Crippen molar-refractivity contribution in [3.63, 3.8) is 0 Å². The molecule has 0 saturated carbocycles. The summed E-state index contributed by atoms with van der Waals surface area (Å²) in [5.74, 6) is 3.08. The number of hydrogen-bond donors (Lipinski definition) is 2. The molecule has 2 aromatic rings. The van der Waals surface area contributed by atoms with Gasteiger partial charge in [0.05, 0.1) is 6.26 Å². The summed E-state index contributed by atoms with van der Waals surface area (Å²) < 4.78 is 5.23. The van der Waals surface area contributed by atoms with Crippen molar-refractivity contribution in [3.8, 4) is 12.3 Å². The number of nitrogens with zero attached hydrogens (tertiary/aromatic N) is 1. The zero-order chi connectivity index (χ0) is 16.9. The van der Waals surface area contributed by atoms with E-state index in [1.807, 2.05) is 18.2 Å². The Labute approximate surface area is 141 Å². The largest absolute Gasteiger partial charge is 0.467 e. The summed E-state index contributed by atoms with van der Waals surface area (Å²) in [5.41, 5.74) is 1.40. The van der Waals surface area contributed by atoms with Crippen molar-refractivity contribution in [2.24, 2.45) is 0 Å². The van der Waals surface area contributed by atoms with Crippen LogP contribution < -0.4 is 5.32 Å². The first-order chi connectivity index (χ1) is 11.7. The van der Waals surface area contributed by atoms with E-state index in [0.717, 1.165) is 18.4 Å². The van der Waals surface area contributed by atoms with Gasteiger partial charge in [0.2, 0.25) is 0 Å². The highest BCUT2D eigenvalue weighted by atomic mass is 16.4. The fourth-order valence-corrected chi connectivity index (χ4v) is 3.08. The molecular formula is C19H20N2O3. The molecule has 1 fully saturated rings. The number of rotatable bonds is 4. The number of hydrogen-bond acceptors (Lipinski definition) is 3. The highest BCUT2D eigenvalue weighted by Gasteiger charge is 2.31. The number of amides is 2. The van der Waals surface area contributed by atoms with Gasteiger partial charge >= 0.3 is 6.03 Å². The third-order valence-electron chi connectivity index (χ3n) is 4.29. The fraction of sp³-hybridized carbons (Fsp3) is 0.316. The van der Waals surface area contributed by atoms with E-state index in [-0.39, 0.29) is 12.1 Å². The molecule has 1 aromatic heterocycles. The predicted molar refractivity (Wildman–Crippen MR) is 91.4 cm³/mol. The van der Waals surface area contributed by atoms with Crippen LogP contribution in [0.2, 0.25) is 0 Å². The summed E-state index contributed by atoms with van der Waals surface area (Å²) in [5, 5.41) is 13.1. The maximum atomic E-state index is 12.6. The monoisotopic (exact) mass is 324 g/mol. The standard InChI is InChI=1S/C19H20N2O3/c1-2-14-6-3-7-15(12-14)20-19(23)21-10-4-8-16(21)13-17(22)18-9-5-11-24-18/h1,3,5-7,9,11-12,16-17,22H,4,8,10,13H2,(H,20,23). The molecule has 2 atom stereocenters. The van der Waals surface area contributed by atoms with Gasteiger partial charge in [-0.05, 0) is 43.2 Å². The van der Waals surface area contributed by atoms with E-state index in [9.17, 15) is 9.90 Å². The van der Waals surface area contributed by atoms with E-state index in [2.05, 4.69) is 11.2 Å². The number of aliphatic hydroxyl groups is 1. The van der Waals surface area contributed by atoms with Gasteiger partial charge < -0.3 is 19.7 Å². The van der Waals surface area contributed by atoms with Gasteiger partial charge in [-0.25, -0.2) is 4.79 Å². The van der Waals surface area contributed by atoms with E-state index in [1.165, 1.54) is 6.26 Å². The molecule has 2 N–H and O–H groups in total. The molecule has 5 heteroatoms. The highest BCUT2D eigenvalue weighted by molar-refractivity contribution is 5.89. The Morgan fingerprint density at radius 2 is 2.33 bits per heavy atom. The van der Waals surface area contributed by atoms with Crippen molar-refractivity contribution in [2.45, 2.75) is 31.4 Å². The zero-order valence-corrected chi connectivity index (χ0v) is 13.3. The van der Waals surface area contributed by atoms with Crippen molar-refractivity contribution in [1.29, 1.82) is 0 Å². The van der Waals surface area contributed by atoms with Crippen molar-refractivity contribution >= 4 is 11.7 Å². The van der Waals surface area contributed by atoms with Gasteiger partial charge in [-0.15, -0.1) is 6.42 Å². The number of furan rings is 1. The Balaban J connectivity index is 1.64. The molecule has 3 rings (SSSR count). The van der Waals surface area contributed by atoms with Crippen LogP contribution in [0, 0.1) is 12.3 Å². The van der Waals surface area contributed by atoms with Gasteiger partial charge in [0.15, 0.2) is 0 Å².